The Morgan fingerprint density at radius 3 is 2.17 bits per heavy atom. The summed E-state index contributed by atoms with van der Waals surface area (Å²) in [4.78, 5) is 29.7. The molecule has 0 saturated carbocycles. The molecule has 0 bridgehead atoms. The quantitative estimate of drug-likeness (QED) is 0.166. The van der Waals surface area contributed by atoms with Crippen molar-refractivity contribution in [3.05, 3.63) is 125 Å². The second-order valence-corrected chi connectivity index (χ2v) is 13.9. The number of halogens is 2. The van der Waals surface area contributed by atoms with Crippen LogP contribution in [0.15, 0.2) is 102 Å². The molecule has 0 aliphatic rings. The minimum atomic E-state index is -4.30. The minimum absolute atomic E-state index is 0.0246. The summed E-state index contributed by atoms with van der Waals surface area (Å²) in [5.41, 5.74) is 2.37. The Balaban J connectivity index is 1.82. The van der Waals surface area contributed by atoms with Gasteiger partial charge in [0.2, 0.25) is 11.8 Å². The van der Waals surface area contributed by atoms with E-state index in [0.29, 0.717) is 17.9 Å². The zero-order chi connectivity index (χ0) is 34.1. The molecule has 2 amide bonds. The summed E-state index contributed by atoms with van der Waals surface area (Å²) in [5.74, 6) is -1.01. The van der Waals surface area contributed by atoms with Crippen molar-refractivity contribution >= 4 is 39.1 Å². The van der Waals surface area contributed by atoms with Crippen molar-refractivity contribution in [2.75, 3.05) is 24.5 Å². The number of carbonyl (C=O) groups excluding carboxylic acids is 2. The van der Waals surface area contributed by atoms with Gasteiger partial charge in [-0.05, 0) is 66.4 Å². The topological polar surface area (TPSA) is 96.0 Å². The average molecular weight is 680 g/mol. The van der Waals surface area contributed by atoms with Crippen molar-refractivity contribution in [1.29, 1.82) is 0 Å². The molecule has 4 aromatic carbocycles. The highest BCUT2D eigenvalue weighted by atomic mass is 35.5. The number of benzene rings is 4. The third-order valence-corrected chi connectivity index (χ3v) is 9.62. The number of hydrogen-bond donors (Lipinski definition) is 1. The van der Waals surface area contributed by atoms with Gasteiger partial charge in [-0.2, -0.15) is 0 Å². The van der Waals surface area contributed by atoms with Gasteiger partial charge >= 0.3 is 0 Å². The lowest BCUT2D eigenvalue weighted by Crippen LogP contribution is -2.53. The molecule has 0 spiro atoms. The molecule has 11 heteroatoms. The molecule has 0 heterocycles. The molecular weight excluding hydrogens is 641 g/mol. The fraction of sp³-hybridized carbons (Fsp3) is 0.278. The molecule has 248 valence electrons. The molecule has 1 atom stereocenters. The van der Waals surface area contributed by atoms with Gasteiger partial charge < -0.3 is 15.0 Å². The molecule has 4 rings (SSSR count). The minimum Gasteiger partial charge on any atom is -0.495 e. The van der Waals surface area contributed by atoms with Crippen LogP contribution in [0.5, 0.6) is 5.75 Å². The van der Waals surface area contributed by atoms with Gasteiger partial charge in [-0.25, -0.2) is 12.8 Å². The standard InChI is InChI=1S/C36H39ClFN3O5S/c1-25(2)22-39-36(43)33(20-27-8-6-5-7-9-27)40(23-28-12-14-29(38)15-13-28)35(42)24-41(30-16-19-34(46-4)32(37)21-30)47(44,45)31-17-10-26(3)11-18-31/h5-19,21,25,33H,20,22-24H2,1-4H3,(H,39,43). The Kier molecular flexibility index (Phi) is 12.0. The number of nitrogens with zero attached hydrogens (tertiary/aromatic N) is 2. The van der Waals surface area contributed by atoms with Crippen LogP contribution in [-0.2, 0) is 32.6 Å². The van der Waals surface area contributed by atoms with Crippen molar-refractivity contribution in [1.82, 2.24) is 10.2 Å². The highest BCUT2D eigenvalue weighted by Crippen LogP contribution is 2.32. The fourth-order valence-electron chi connectivity index (χ4n) is 4.94. The maximum atomic E-state index is 14.5. The van der Waals surface area contributed by atoms with Crippen LogP contribution < -0.4 is 14.4 Å². The second kappa shape index (κ2) is 15.9. The third-order valence-electron chi connectivity index (χ3n) is 7.53. The second-order valence-electron chi connectivity index (χ2n) is 11.6. The Morgan fingerprint density at radius 2 is 1.57 bits per heavy atom. The number of amides is 2. The lowest BCUT2D eigenvalue weighted by molar-refractivity contribution is -0.140. The van der Waals surface area contributed by atoms with Crippen LogP contribution >= 0.6 is 11.6 Å². The van der Waals surface area contributed by atoms with E-state index in [1.165, 1.54) is 66.6 Å². The van der Waals surface area contributed by atoms with Crippen LogP contribution in [0.1, 0.15) is 30.5 Å². The van der Waals surface area contributed by atoms with Gasteiger partial charge in [0.15, 0.2) is 0 Å². The Hall–Kier alpha value is -4.41. The van der Waals surface area contributed by atoms with Crippen molar-refractivity contribution in [3.63, 3.8) is 0 Å². The lowest BCUT2D eigenvalue weighted by Gasteiger charge is -2.34. The Morgan fingerprint density at radius 1 is 0.915 bits per heavy atom. The number of sulfonamides is 1. The Labute approximate surface area is 281 Å². The number of carbonyl (C=O) groups is 2. The monoisotopic (exact) mass is 679 g/mol. The van der Waals surface area contributed by atoms with E-state index in [9.17, 15) is 22.4 Å². The van der Waals surface area contributed by atoms with Crippen molar-refractivity contribution < 1.29 is 27.1 Å². The summed E-state index contributed by atoms with van der Waals surface area (Å²) >= 11 is 6.43. The predicted octanol–water partition coefficient (Wildman–Crippen LogP) is 6.40. The maximum absolute atomic E-state index is 14.5. The highest BCUT2D eigenvalue weighted by Gasteiger charge is 2.35. The zero-order valence-corrected chi connectivity index (χ0v) is 28.4. The normalized spacial score (nSPS) is 12.0. The molecule has 0 saturated heterocycles. The first kappa shape index (κ1) is 35.4. The van der Waals surface area contributed by atoms with E-state index in [1.54, 1.807) is 12.1 Å². The molecule has 0 aromatic heterocycles. The van der Waals surface area contributed by atoms with Gasteiger partial charge in [0, 0.05) is 19.5 Å². The number of hydrogen-bond acceptors (Lipinski definition) is 5. The molecule has 8 nitrogen and oxygen atoms in total. The van der Waals surface area contributed by atoms with Gasteiger partial charge in [0.25, 0.3) is 10.0 Å². The van der Waals surface area contributed by atoms with E-state index in [4.69, 9.17) is 16.3 Å². The highest BCUT2D eigenvalue weighted by molar-refractivity contribution is 7.92. The summed E-state index contributed by atoms with van der Waals surface area (Å²) in [6.07, 6.45) is 0.163. The van der Waals surface area contributed by atoms with Gasteiger partial charge in [-0.3, -0.25) is 13.9 Å². The molecule has 1 N–H and O–H groups in total. The van der Waals surface area contributed by atoms with Crippen LogP contribution in [0.25, 0.3) is 0 Å². The molecule has 1 unspecified atom stereocenters. The van der Waals surface area contributed by atoms with E-state index in [1.807, 2.05) is 51.1 Å². The summed E-state index contributed by atoms with van der Waals surface area (Å²) in [7, 11) is -2.86. The largest absolute Gasteiger partial charge is 0.495 e. The summed E-state index contributed by atoms with van der Waals surface area (Å²) in [5, 5.41) is 3.10. The molecule has 4 aromatic rings. The zero-order valence-electron chi connectivity index (χ0n) is 26.8. The van der Waals surface area contributed by atoms with Crippen LogP contribution in [0.4, 0.5) is 10.1 Å². The van der Waals surface area contributed by atoms with Gasteiger partial charge in [-0.15, -0.1) is 0 Å². The van der Waals surface area contributed by atoms with E-state index in [0.717, 1.165) is 15.4 Å². The number of nitrogens with one attached hydrogen (secondary N) is 1. The number of rotatable bonds is 14. The van der Waals surface area contributed by atoms with E-state index in [-0.39, 0.29) is 34.5 Å². The van der Waals surface area contributed by atoms with E-state index >= 15 is 0 Å². The first-order valence-corrected chi connectivity index (χ1v) is 17.0. The molecule has 0 radical (unpaired) electrons. The maximum Gasteiger partial charge on any atom is 0.264 e. The predicted molar refractivity (Wildman–Crippen MR) is 182 cm³/mol. The summed E-state index contributed by atoms with van der Waals surface area (Å²) < 4.78 is 48.5. The first-order valence-electron chi connectivity index (χ1n) is 15.2. The van der Waals surface area contributed by atoms with Crippen LogP contribution in [-0.4, -0.2) is 51.4 Å². The molecule has 0 aliphatic carbocycles. The van der Waals surface area contributed by atoms with Crippen molar-refractivity contribution in [2.24, 2.45) is 5.92 Å². The van der Waals surface area contributed by atoms with Crippen LogP contribution in [0.2, 0.25) is 5.02 Å². The number of anilines is 1. The average Bonchev–Trinajstić information content (AvgIpc) is 3.05. The lowest BCUT2D eigenvalue weighted by atomic mass is 10.0. The summed E-state index contributed by atoms with van der Waals surface area (Å²) in [6, 6.07) is 24.6. The summed E-state index contributed by atoms with van der Waals surface area (Å²) in [6.45, 7) is 5.41. The van der Waals surface area contributed by atoms with Gasteiger partial charge in [0.1, 0.15) is 24.2 Å². The van der Waals surface area contributed by atoms with Gasteiger partial charge in [0.05, 0.1) is 22.7 Å². The van der Waals surface area contributed by atoms with Crippen molar-refractivity contribution in [3.8, 4) is 5.75 Å². The number of methoxy groups -OCH3 is 1. The number of ether oxygens (including phenoxy) is 1. The SMILES string of the molecule is COc1ccc(N(CC(=O)N(Cc2ccc(F)cc2)C(Cc2ccccc2)C(=O)NCC(C)C)S(=O)(=O)c2ccc(C)cc2)cc1Cl. The fourth-order valence-corrected chi connectivity index (χ4v) is 6.60. The first-order chi connectivity index (χ1) is 22.4. The van der Waals surface area contributed by atoms with Gasteiger partial charge in [-0.1, -0.05) is 85.6 Å². The molecular formula is C36H39ClFN3O5S. The van der Waals surface area contributed by atoms with Crippen LogP contribution in [0.3, 0.4) is 0 Å². The molecule has 0 aliphatic heterocycles. The Bertz CT molecular complexity index is 1770. The van der Waals surface area contributed by atoms with Crippen LogP contribution in [0, 0.1) is 18.7 Å². The third kappa shape index (κ3) is 9.33. The number of aryl methyl sites for hydroxylation is 1. The van der Waals surface area contributed by atoms with Crippen molar-refractivity contribution in [2.45, 2.75) is 44.7 Å². The molecule has 0 fully saturated rings. The van der Waals surface area contributed by atoms with E-state index < -0.39 is 40.2 Å². The molecule has 47 heavy (non-hydrogen) atoms. The smallest absolute Gasteiger partial charge is 0.264 e. The van der Waals surface area contributed by atoms with E-state index in [2.05, 4.69) is 5.32 Å².